The van der Waals surface area contributed by atoms with Crippen molar-refractivity contribution < 1.29 is 4.42 Å². The molecule has 1 atom stereocenters. The van der Waals surface area contributed by atoms with E-state index in [-0.39, 0.29) is 6.04 Å². The fourth-order valence-electron chi connectivity index (χ4n) is 1.68. The summed E-state index contributed by atoms with van der Waals surface area (Å²) in [4.78, 5) is 0. The predicted octanol–water partition coefficient (Wildman–Crippen LogP) is 1.29. The van der Waals surface area contributed by atoms with Crippen LogP contribution in [0.2, 0.25) is 0 Å². The molecular weight excluding hydrogens is 286 g/mol. The number of halogens is 1. The van der Waals surface area contributed by atoms with Crippen LogP contribution in [0.1, 0.15) is 30.2 Å². The zero-order valence-electron chi connectivity index (χ0n) is 9.64. The van der Waals surface area contributed by atoms with Crippen LogP contribution >= 0.6 is 15.9 Å². The van der Waals surface area contributed by atoms with E-state index in [1.807, 2.05) is 19.1 Å². The summed E-state index contributed by atoms with van der Waals surface area (Å²) in [7, 11) is 1.81. The Labute approximate surface area is 107 Å². The number of nitrogens with two attached hydrogens (primary N) is 1. The van der Waals surface area contributed by atoms with E-state index in [4.69, 9.17) is 10.3 Å². The Morgan fingerprint density at radius 3 is 2.82 bits per heavy atom. The average Bonchev–Trinajstić information content (AvgIpc) is 2.91. The highest BCUT2D eigenvalue weighted by atomic mass is 79.9. The molecule has 2 rings (SSSR count). The molecule has 0 fully saturated rings. The highest BCUT2D eigenvalue weighted by Crippen LogP contribution is 2.27. The van der Waals surface area contributed by atoms with Crippen LogP contribution in [0.15, 0.2) is 21.2 Å². The van der Waals surface area contributed by atoms with E-state index < -0.39 is 0 Å². The quantitative estimate of drug-likeness (QED) is 0.657. The predicted molar refractivity (Wildman–Crippen MR) is 66.0 cm³/mol. The minimum absolute atomic E-state index is 0.273. The van der Waals surface area contributed by atoms with Gasteiger partial charge in [0.05, 0.1) is 5.69 Å². The zero-order valence-corrected chi connectivity index (χ0v) is 11.2. The maximum Gasteiger partial charge on any atom is 0.153 e. The number of furan rings is 1. The van der Waals surface area contributed by atoms with Crippen molar-refractivity contribution in [2.45, 2.75) is 19.4 Å². The Kier molecular flexibility index (Phi) is 3.60. The van der Waals surface area contributed by atoms with Crippen LogP contribution in [0.5, 0.6) is 0 Å². The topological polar surface area (TPSA) is 81.9 Å². The Hall–Kier alpha value is -1.18. The second-order valence-corrected chi connectivity index (χ2v) is 4.40. The smallest absolute Gasteiger partial charge is 0.153 e. The molecule has 92 valence electrons. The van der Waals surface area contributed by atoms with Gasteiger partial charge in [0, 0.05) is 13.5 Å². The van der Waals surface area contributed by atoms with Crippen molar-refractivity contribution in [1.82, 2.24) is 20.4 Å². The number of hydrogen-bond acceptors (Lipinski definition) is 5. The lowest BCUT2D eigenvalue weighted by Gasteiger charge is -2.13. The third-order valence-corrected chi connectivity index (χ3v) is 3.15. The van der Waals surface area contributed by atoms with Gasteiger partial charge in [-0.05, 0) is 28.1 Å². The molecule has 0 aliphatic rings. The van der Waals surface area contributed by atoms with Crippen molar-refractivity contribution in [3.63, 3.8) is 0 Å². The fourth-order valence-corrected chi connectivity index (χ4v) is 2.24. The van der Waals surface area contributed by atoms with Gasteiger partial charge in [0.15, 0.2) is 4.60 Å². The summed E-state index contributed by atoms with van der Waals surface area (Å²) in [6.45, 7) is 2.04. The van der Waals surface area contributed by atoms with Gasteiger partial charge in [-0.3, -0.25) is 5.84 Å². The first-order valence-electron chi connectivity index (χ1n) is 5.27. The largest absolute Gasteiger partial charge is 0.464 e. The fraction of sp³-hybridized carbons (Fsp3) is 0.400. The second kappa shape index (κ2) is 4.99. The number of nitrogens with one attached hydrogen (secondary N) is 1. The van der Waals surface area contributed by atoms with Crippen molar-refractivity contribution in [1.29, 1.82) is 0 Å². The van der Waals surface area contributed by atoms with Gasteiger partial charge in [-0.1, -0.05) is 12.1 Å². The van der Waals surface area contributed by atoms with Gasteiger partial charge in [-0.2, -0.15) is 0 Å². The molecule has 0 amide bonds. The van der Waals surface area contributed by atoms with Crippen molar-refractivity contribution >= 4 is 15.9 Å². The van der Waals surface area contributed by atoms with Crippen LogP contribution in [0.4, 0.5) is 0 Å². The van der Waals surface area contributed by atoms with E-state index in [2.05, 4.69) is 31.7 Å². The first-order valence-corrected chi connectivity index (χ1v) is 6.06. The minimum Gasteiger partial charge on any atom is -0.464 e. The van der Waals surface area contributed by atoms with Gasteiger partial charge in [0.25, 0.3) is 0 Å². The third kappa shape index (κ3) is 2.26. The molecule has 0 spiro atoms. The number of nitrogens with zero attached hydrogens (tertiary/aromatic N) is 3. The average molecular weight is 300 g/mol. The SMILES string of the molecule is CCc1ccc(C(NN)c2c(Br)nnn2C)o1. The molecule has 2 aromatic heterocycles. The maximum atomic E-state index is 5.69. The summed E-state index contributed by atoms with van der Waals surface area (Å²) in [5, 5.41) is 7.85. The minimum atomic E-state index is -0.273. The molecule has 2 heterocycles. The van der Waals surface area contributed by atoms with Crippen LogP contribution in [-0.2, 0) is 13.5 Å². The molecule has 17 heavy (non-hydrogen) atoms. The number of hydrazine groups is 1. The highest BCUT2D eigenvalue weighted by Gasteiger charge is 2.23. The van der Waals surface area contributed by atoms with Crippen LogP contribution in [-0.4, -0.2) is 15.0 Å². The molecule has 7 heteroatoms. The summed E-state index contributed by atoms with van der Waals surface area (Å²) in [5.41, 5.74) is 3.54. The van der Waals surface area contributed by atoms with Crippen LogP contribution in [0.3, 0.4) is 0 Å². The van der Waals surface area contributed by atoms with Gasteiger partial charge in [-0.25, -0.2) is 10.1 Å². The molecule has 0 bridgehead atoms. The molecule has 0 radical (unpaired) electrons. The van der Waals surface area contributed by atoms with Gasteiger partial charge >= 0.3 is 0 Å². The normalized spacial score (nSPS) is 12.9. The highest BCUT2D eigenvalue weighted by molar-refractivity contribution is 9.10. The molecule has 1 unspecified atom stereocenters. The van der Waals surface area contributed by atoms with Gasteiger partial charge in [-0.15, -0.1) is 5.10 Å². The lowest BCUT2D eigenvalue weighted by Crippen LogP contribution is -2.30. The van der Waals surface area contributed by atoms with Gasteiger partial charge in [0.1, 0.15) is 17.6 Å². The lowest BCUT2D eigenvalue weighted by molar-refractivity contribution is 0.414. The number of aryl methyl sites for hydroxylation is 2. The molecule has 0 aromatic carbocycles. The zero-order chi connectivity index (χ0) is 12.4. The molecule has 0 saturated carbocycles. The van der Waals surface area contributed by atoms with Gasteiger partial charge < -0.3 is 4.42 Å². The Morgan fingerprint density at radius 1 is 1.59 bits per heavy atom. The van der Waals surface area contributed by atoms with Crippen LogP contribution < -0.4 is 11.3 Å². The van der Waals surface area contributed by atoms with Crippen molar-refractivity contribution in [3.05, 3.63) is 34.0 Å². The van der Waals surface area contributed by atoms with Crippen LogP contribution in [0.25, 0.3) is 0 Å². The van der Waals surface area contributed by atoms with Crippen molar-refractivity contribution in [2.75, 3.05) is 0 Å². The molecule has 2 aromatic rings. The Balaban J connectivity index is 2.40. The lowest BCUT2D eigenvalue weighted by atomic mass is 10.2. The summed E-state index contributed by atoms with van der Waals surface area (Å²) in [6, 6.07) is 3.57. The van der Waals surface area contributed by atoms with Crippen LogP contribution in [0, 0.1) is 0 Å². The van der Waals surface area contributed by atoms with E-state index in [0.717, 1.165) is 23.6 Å². The molecular formula is C10H14BrN5O. The Morgan fingerprint density at radius 2 is 2.35 bits per heavy atom. The molecule has 0 saturated heterocycles. The van der Waals surface area contributed by atoms with Crippen molar-refractivity contribution in [2.24, 2.45) is 12.9 Å². The first kappa shape index (κ1) is 12.3. The molecule has 0 aliphatic carbocycles. The molecule has 0 aliphatic heterocycles. The van der Waals surface area contributed by atoms with E-state index in [0.29, 0.717) is 4.60 Å². The first-order chi connectivity index (χ1) is 8.17. The number of rotatable bonds is 4. The summed E-state index contributed by atoms with van der Waals surface area (Å²) in [5.74, 6) is 7.25. The Bertz CT molecular complexity index is 487. The van der Waals surface area contributed by atoms with Gasteiger partial charge in [0.2, 0.25) is 0 Å². The monoisotopic (exact) mass is 299 g/mol. The van der Waals surface area contributed by atoms with E-state index in [1.54, 1.807) is 11.7 Å². The number of aromatic nitrogens is 3. The third-order valence-electron chi connectivity index (χ3n) is 2.58. The van der Waals surface area contributed by atoms with E-state index >= 15 is 0 Å². The van der Waals surface area contributed by atoms with Crippen molar-refractivity contribution in [3.8, 4) is 0 Å². The summed E-state index contributed by atoms with van der Waals surface area (Å²) in [6.07, 6.45) is 0.849. The summed E-state index contributed by atoms with van der Waals surface area (Å²) >= 11 is 3.35. The second-order valence-electron chi connectivity index (χ2n) is 3.65. The van der Waals surface area contributed by atoms with E-state index in [9.17, 15) is 0 Å². The maximum absolute atomic E-state index is 5.69. The van der Waals surface area contributed by atoms with E-state index in [1.165, 1.54) is 0 Å². The standard InChI is InChI=1S/C10H14BrN5O/c1-3-6-4-5-7(17-6)8(13-12)9-10(11)14-15-16(9)2/h4-5,8,13H,3,12H2,1-2H3. The molecule has 6 nitrogen and oxygen atoms in total. The molecule has 3 N–H and O–H groups in total. The summed E-state index contributed by atoms with van der Waals surface area (Å²) < 4.78 is 7.99. The number of hydrogen-bond donors (Lipinski definition) is 2.